The number of nitrogens with zero attached hydrogens (tertiary/aromatic N) is 1. The third kappa shape index (κ3) is 3.31. The van der Waals surface area contributed by atoms with Crippen LogP contribution in [-0.4, -0.2) is 9.97 Å². The number of aryl methyl sites for hydroxylation is 3. The second kappa shape index (κ2) is 6.06. The molecule has 0 aliphatic rings. The number of H-pyrrole nitrogens is 1. The average molecular weight is 351 g/mol. The quantitative estimate of drug-likeness (QED) is 0.632. The Bertz CT molecular complexity index is 942. The molecule has 2 N–H and O–H groups in total. The van der Waals surface area contributed by atoms with E-state index in [0.29, 0.717) is 10.9 Å². The number of anilines is 1. The third-order valence-corrected chi connectivity index (χ3v) is 4.34. The number of fused-ring (bicyclic) bond motifs is 1. The summed E-state index contributed by atoms with van der Waals surface area (Å²) >= 11 is 0. The lowest BCUT2D eigenvalue weighted by molar-refractivity contribution is -0.140. The number of aromatic nitrogens is 2. The lowest BCUT2D eigenvalue weighted by Crippen LogP contribution is -2.11. The van der Waals surface area contributed by atoms with Gasteiger partial charge in [0.15, 0.2) is 5.82 Å². The van der Waals surface area contributed by atoms with Crippen molar-refractivity contribution in [2.75, 3.05) is 5.32 Å². The maximum absolute atomic E-state index is 13.2. The molecule has 0 amide bonds. The summed E-state index contributed by atoms with van der Waals surface area (Å²) < 4.78 is 52.7. The van der Waals surface area contributed by atoms with Gasteiger partial charge in [-0.05, 0) is 55.7 Å². The van der Waals surface area contributed by atoms with Gasteiger partial charge in [-0.2, -0.15) is 13.2 Å². The molecule has 25 heavy (non-hydrogen) atoms. The third-order valence-electron chi connectivity index (χ3n) is 4.34. The highest BCUT2D eigenvalue weighted by atomic mass is 19.4. The van der Waals surface area contributed by atoms with Crippen molar-refractivity contribution in [1.29, 1.82) is 0 Å². The molecule has 0 saturated carbocycles. The smallest absolute Gasteiger partial charge is 0.364 e. The zero-order valence-electron chi connectivity index (χ0n) is 14.0. The van der Waals surface area contributed by atoms with Crippen LogP contribution in [-0.2, 0) is 12.7 Å². The molecule has 0 spiro atoms. The van der Waals surface area contributed by atoms with Crippen molar-refractivity contribution >= 4 is 16.7 Å². The summed E-state index contributed by atoms with van der Waals surface area (Å²) in [4.78, 5) is 6.83. The van der Waals surface area contributed by atoms with Crippen LogP contribution in [0.3, 0.4) is 0 Å². The van der Waals surface area contributed by atoms with E-state index >= 15 is 0 Å². The molecule has 0 unspecified atom stereocenters. The second-order valence-electron chi connectivity index (χ2n) is 6.08. The van der Waals surface area contributed by atoms with E-state index in [1.54, 1.807) is 26.8 Å². The van der Waals surface area contributed by atoms with Crippen LogP contribution >= 0.6 is 0 Å². The van der Waals surface area contributed by atoms with Crippen LogP contribution in [0.2, 0.25) is 0 Å². The van der Waals surface area contributed by atoms with Gasteiger partial charge in [0.1, 0.15) is 11.5 Å². The van der Waals surface area contributed by atoms with Gasteiger partial charge in [0.25, 0.3) is 0 Å². The van der Waals surface area contributed by atoms with Gasteiger partial charge < -0.3 is 10.3 Å². The van der Waals surface area contributed by atoms with E-state index in [4.69, 9.17) is 0 Å². The average Bonchev–Trinajstić information content (AvgIpc) is 2.81. The van der Waals surface area contributed by atoms with Gasteiger partial charge >= 0.3 is 6.18 Å². The summed E-state index contributed by atoms with van der Waals surface area (Å²) in [5.74, 6) is -0.221. The molecule has 0 aliphatic heterocycles. The van der Waals surface area contributed by atoms with E-state index in [0.717, 1.165) is 28.5 Å². The summed E-state index contributed by atoms with van der Waals surface area (Å²) in [6.45, 7) is 5.56. The molecule has 7 heteroatoms. The zero-order valence-corrected chi connectivity index (χ0v) is 14.0. The van der Waals surface area contributed by atoms with Crippen LogP contribution in [0.1, 0.15) is 28.1 Å². The van der Waals surface area contributed by atoms with Crippen molar-refractivity contribution in [3.63, 3.8) is 0 Å². The van der Waals surface area contributed by atoms with E-state index in [2.05, 4.69) is 15.3 Å². The summed E-state index contributed by atoms with van der Waals surface area (Å²) in [6, 6.07) is 5.37. The topological polar surface area (TPSA) is 40.7 Å². The number of pyridine rings is 1. The highest BCUT2D eigenvalue weighted by Crippen LogP contribution is 2.34. The molecule has 2 heterocycles. The molecule has 132 valence electrons. The number of aromatic amines is 1. The molecular formula is C18H17F4N3. The molecule has 1 aromatic carbocycles. The summed E-state index contributed by atoms with van der Waals surface area (Å²) in [6.07, 6.45) is -4.53. The fourth-order valence-corrected chi connectivity index (χ4v) is 2.76. The fourth-order valence-electron chi connectivity index (χ4n) is 2.76. The van der Waals surface area contributed by atoms with E-state index in [9.17, 15) is 17.6 Å². The van der Waals surface area contributed by atoms with E-state index in [-0.39, 0.29) is 18.2 Å². The van der Waals surface area contributed by atoms with Crippen LogP contribution in [0.4, 0.5) is 23.4 Å². The Kier molecular flexibility index (Phi) is 4.18. The molecule has 3 nitrogen and oxygen atoms in total. The number of alkyl halides is 3. The number of benzene rings is 1. The van der Waals surface area contributed by atoms with E-state index in [1.807, 2.05) is 0 Å². The Balaban J connectivity index is 2.03. The molecular weight excluding hydrogens is 334 g/mol. The Hall–Kier alpha value is -2.57. The predicted octanol–water partition coefficient (Wildman–Crippen LogP) is 5.26. The number of hydrogen-bond donors (Lipinski definition) is 2. The lowest BCUT2D eigenvalue weighted by atomic mass is 10.1. The Morgan fingerprint density at radius 3 is 2.48 bits per heavy atom. The molecule has 0 atom stereocenters. The maximum atomic E-state index is 13.2. The van der Waals surface area contributed by atoms with Crippen molar-refractivity contribution in [1.82, 2.24) is 9.97 Å². The van der Waals surface area contributed by atoms with Crippen molar-refractivity contribution < 1.29 is 17.6 Å². The fraction of sp³-hybridized carbons (Fsp3) is 0.278. The van der Waals surface area contributed by atoms with Crippen molar-refractivity contribution in [3.8, 4) is 0 Å². The standard InChI is InChI=1S/C18H17F4N3/c1-9-6-13(19)5-4-12(9)8-23-17-16-14(10(2)11(3)24-16)7-15(25-17)18(20,21)22/h4-7,24H,8H2,1-3H3,(H,23,25). The van der Waals surface area contributed by atoms with Gasteiger partial charge in [-0.15, -0.1) is 0 Å². The minimum atomic E-state index is -4.53. The first-order valence-corrected chi connectivity index (χ1v) is 7.73. The van der Waals surface area contributed by atoms with Crippen LogP contribution in [0.5, 0.6) is 0 Å². The number of hydrogen-bond acceptors (Lipinski definition) is 2. The Morgan fingerprint density at radius 2 is 1.84 bits per heavy atom. The van der Waals surface area contributed by atoms with Gasteiger partial charge in [0.05, 0.1) is 5.52 Å². The first kappa shape index (κ1) is 17.3. The molecule has 0 bridgehead atoms. The summed E-state index contributed by atoms with van der Waals surface area (Å²) in [7, 11) is 0. The van der Waals surface area contributed by atoms with Gasteiger partial charge in [0.2, 0.25) is 0 Å². The van der Waals surface area contributed by atoms with Crippen LogP contribution in [0.15, 0.2) is 24.3 Å². The largest absolute Gasteiger partial charge is 0.433 e. The first-order valence-electron chi connectivity index (χ1n) is 7.73. The second-order valence-corrected chi connectivity index (χ2v) is 6.08. The van der Waals surface area contributed by atoms with Crippen molar-refractivity contribution in [2.45, 2.75) is 33.5 Å². The Morgan fingerprint density at radius 1 is 1.12 bits per heavy atom. The number of rotatable bonds is 3. The van der Waals surface area contributed by atoms with Crippen molar-refractivity contribution in [3.05, 3.63) is 58.2 Å². The van der Waals surface area contributed by atoms with Gasteiger partial charge in [-0.1, -0.05) is 6.07 Å². The molecule has 2 aromatic heterocycles. The van der Waals surface area contributed by atoms with Crippen LogP contribution < -0.4 is 5.32 Å². The molecule has 0 fully saturated rings. The monoisotopic (exact) mass is 351 g/mol. The first-order chi connectivity index (χ1) is 11.7. The van der Waals surface area contributed by atoms with Gasteiger partial charge in [0, 0.05) is 17.6 Å². The number of halogens is 4. The molecule has 0 aliphatic carbocycles. The summed E-state index contributed by atoms with van der Waals surface area (Å²) in [5.41, 5.74) is 2.63. The SMILES string of the molecule is Cc1cc(F)ccc1CNc1nc(C(F)(F)F)cc2c(C)c(C)[nH]c12. The minimum Gasteiger partial charge on any atom is -0.364 e. The van der Waals surface area contributed by atoms with Crippen LogP contribution in [0.25, 0.3) is 10.9 Å². The van der Waals surface area contributed by atoms with E-state index in [1.165, 1.54) is 12.1 Å². The van der Waals surface area contributed by atoms with Crippen molar-refractivity contribution in [2.24, 2.45) is 0 Å². The van der Waals surface area contributed by atoms with Crippen LogP contribution in [0, 0.1) is 26.6 Å². The van der Waals surface area contributed by atoms with Gasteiger partial charge in [-0.3, -0.25) is 0 Å². The number of nitrogens with one attached hydrogen (secondary N) is 2. The lowest BCUT2D eigenvalue weighted by Gasteiger charge is -2.13. The highest BCUT2D eigenvalue weighted by Gasteiger charge is 2.34. The molecule has 0 radical (unpaired) electrons. The molecule has 3 rings (SSSR count). The molecule has 3 aromatic rings. The molecule has 0 saturated heterocycles. The zero-order chi connectivity index (χ0) is 18.4. The minimum absolute atomic E-state index is 0.129. The summed E-state index contributed by atoms with van der Waals surface area (Å²) in [5, 5.41) is 3.44. The Labute approximate surface area is 142 Å². The maximum Gasteiger partial charge on any atom is 0.433 e. The van der Waals surface area contributed by atoms with Gasteiger partial charge in [-0.25, -0.2) is 9.37 Å². The van der Waals surface area contributed by atoms with E-state index < -0.39 is 11.9 Å². The normalized spacial score (nSPS) is 12.0. The highest BCUT2D eigenvalue weighted by molar-refractivity contribution is 5.92. The predicted molar refractivity (Wildman–Crippen MR) is 89.0 cm³/mol.